The fourth-order valence-corrected chi connectivity index (χ4v) is 0.912. The highest BCUT2D eigenvalue weighted by Gasteiger charge is 2.24. The first-order chi connectivity index (χ1) is 5.27. The molecule has 1 aliphatic rings. The molecule has 5 nitrogen and oxygen atoms in total. The third-order valence-corrected chi connectivity index (χ3v) is 1.67. The van der Waals surface area contributed by atoms with Crippen LogP contribution in [0.25, 0.3) is 0 Å². The number of nitrogens with zero attached hydrogens (tertiary/aromatic N) is 3. The minimum Gasteiger partial charge on any atom is -0.371 e. The van der Waals surface area contributed by atoms with Gasteiger partial charge in [0.15, 0.2) is 0 Å². The molecule has 1 fully saturated rings. The molecule has 0 aliphatic carbocycles. The average Bonchev–Trinajstić information content (AvgIpc) is 2.74. The van der Waals surface area contributed by atoms with Crippen molar-refractivity contribution in [3.8, 4) is 0 Å². The Balaban J connectivity index is 2.22. The summed E-state index contributed by atoms with van der Waals surface area (Å²) in [6.07, 6.45) is 1.72. The van der Waals surface area contributed by atoms with Crippen LogP contribution in [0.2, 0.25) is 0 Å². The van der Waals surface area contributed by atoms with Crippen LogP contribution in [0.3, 0.4) is 0 Å². The molecule has 2 rings (SSSR count). The predicted molar refractivity (Wildman–Crippen MR) is 37.2 cm³/mol. The van der Waals surface area contributed by atoms with E-state index in [4.69, 9.17) is 4.74 Å². The maximum Gasteiger partial charge on any atom is 0.345 e. The molecule has 0 aromatic carbocycles. The van der Waals surface area contributed by atoms with Crippen LogP contribution in [-0.4, -0.2) is 27.1 Å². The topological polar surface area (TPSA) is 52.4 Å². The summed E-state index contributed by atoms with van der Waals surface area (Å²) < 4.78 is 7.83. The first-order valence-corrected chi connectivity index (χ1v) is 3.47. The fourth-order valence-electron chi connectivity index (χ4n) is 0.912. The van der Waals surface area contributed by atoms with Crippen molar-refractivity contribution in [1.29, 1.82) is 0 Å². The molecular formula is C6H9N3O2. The number of aromatic nitrogens is 3. The average molecular weight is 155 g/mol. The van der Waals surface area contributed by atoms with Crippen molar-refractivity contribution in [2.45, 2.75) is 12.6 Å². The van der Waals surface area contributed by atoms with Crippen LogP contribution in [0.4, 0.5) is 0 Å². The lowest BCUT2D eigenvalue weighted by Gasteiger charge is -1.91. The van der Waals surface area contributed by atoms with Crippen LogP contribution in [0.15, 0.2) is 11.1 Å². The van der Waals surface area contributed by atoms with E-state index in [2.05, 4.69) is 5.10 Å². The van der Waals surface area contributed by atoms with Gasteiger partial charge in [-0.05, 0) is 0 Å². The van der Waals surface area contributed by atoms with Gasteiger partial charge in [-0.3, -0.25) is 4.57 Å². The van der Waals surface area contributed by atoms with E-state index in [1.165, 1.54) is 15.6 Å². The van der Waals surface area contributed by atoms with E-state index in [-0.39, 0.29) is 11.8 Å². The van der Waals surface area contributed by atoms with E-state index in [1.807, 2.05) is 0 Å². The highest BCUT2D eigenvalue weighted by molar-refractivity contribution is 4.72. The minimum atomic E-state index is -0.0829. The molecule has 0 bridgehead atoms. The number of epoxide rings is 1. The molecule has 0 spiro atoms. The van der Waals surface area contributed by atoms with Crippen molar-refractivity contribution in [2.75, 3.05) is 6.61 Å². The Bertz CT molecular complexity index is 310. The van der Waals surface area contributed by atoms with Gasteiger partial charge < -0.3 is 4.74 Å². The van der Waals surface area contributed by atoms with Crippen LogP contribution < -0.4 is 5.69 Å². The zero-order valence-corrected chi connectivity index (χ0v) is 6.23. The Labute approximate surface area is 63.2 Å². The third kappa shape index (κ3) is 1.19. The Kier molecular flexibility index (Phi) is 1.32. The van der Waals surface area contributed by atoms with Crippen molar-refractivity contribution < 1.29 is 4.74 Å². The van der Waals surface area contributed by atoms with Crippen molar-refractivity contribution in [2.24, 2.45) is 7.05 Å². The maximum absolute atomic E-state index is 11.1. The molecule has 60 valence electrons. The zero-order chi connectivity index (χ0) is 7.84. The quantitative estimate of drug-likeness (QED) is 0.514. The summed E-state index contributed by atoms with van der Waals surface area (Å²) in [6.45, 7) is 1.34. The third-order valence-electron chi connectivity index (χ3n) is 1.67. The van der Waals surface area contributed by atoms with Crippen molar-refractivity contribution in [3.05, 3.63) is 16.8 Å². The summed E-state index contributed by atoms with van der Waals surface area (Å²) in [5, 5.41) is 3.88. The van der Waals surface area contributed by atoms with Crippen LogP contribution in [0, 0.1) is 0 Å². The molecular weight excluding hydrogens is 146 g/mol. The van der Waals surface area contributed by atoms with Crippen molar-refractivity contribution >= 4 is 0 Å². The Morgan fingerprint density at radius 2 is 2.64 bits per heavy atom. The summed E-state index contributed by atoms with van der Waals surface area (Å²) in [7, 11) is 1.68. The van der Waals surface area contributed by atoms with E-state index in [1.54, 1.807) is 7.05 Å². The maximum atomic E-state index is 11.1. The molecule has 0 N–H and O–H groups in total. The predicted octanol–water partition coefficient (Wildman–Crippen LogP) is -1.02. The van der Waals surface area contributed by atoms with Gasteiger partial charge in [-0.2, -0.15) is 5.10 Å². The van der Waals surface area contributed by atoms with Crippen LogP contribution in [0.1, 0.15) is 0 Å². The standard InChI is InChI=1S/C6H9N3O2/c1-8-4-7-9(6(8)10)2-5-3-11-5/h4-5H,2-3H2,1H3. The SMILES string of the molecule is Cn1cnn(CC2CO2)c1=O. The van der Waals surface area contributed by atoms with Crippen LogP contribution in [0.5, 0.6) is 0 Å². The normalized spacial score (nSPS) is 22.1. The Hall–Kier alpha value is -1.10. The summed E-state index contributed by atoms with van der Waals surface area (Å²) in [5.74, 6) is 0. The molecule has 2 heterocycles. The number of aryl methyl sites for hydroxylation is 1. The molecule has 0 saturated carbocycles. The number of ether oxygens (including phenoxy) is 1. The van der Waals surface area contributed by atoms with Gasteiger partial charge in [-0.1, -0.05) is 0 Å². The fraction of sp³-hybridized carbons (Fsp3) is 0.667. The van der Waals surface area contributed by atoms with Crippen molar-refractivity contribution in [1.82, 2.24) is 14.3 Å². The molecule has 5 heteroatoms. The summed E-state index contributed by atoms with van der Waals surface area (Å²) in [5.41, 5.74) is -0.0829. The summed E-state index contributed by atoms with van der Waals surface area (Å²) in [6, 6.07) is 0. The second-order valence-electron chi connectivity index (χ2n) is 2.66. The molecule has 1 atom stereocenters. The van der Waals surface area contributed by atoms with E-state index >= 15 is 0 Å². The molecule has 11 heavy (non-hydrogen) atoms. The van der Waals surface area contributed by atoms with E-state index in [0.717, 1.165) is 6.61 Å². The molecule has 0 amide bonds. The molecule has 1 aromatic rings. The monoisotopic (exact) mass is 155 g/mol. The van der Waals surface area contributed by atoms with Gasteiger partial charge in [0.1, 0.15) is 12.4 Å². The summed E-state index contributed by atoms with van der Waals surface area (Å²) in [4.78, 5) is 11.1. The lowest BCUT2D eigenvalue weighted by molar-refractivity contribution is 0.369. The summed E-state index contributed by atoms with van der Waals surface area (Å²) >= 11 is 0. The Morgan fingerprint density at radius 1 is 1.91 bits per heavy atom. The van der Waals surface area contributed by atoms with E-state index in [0.29, 0.717) is 6.54 Å². The molecule has 1 unspecified atom stereocenters. The molecule has 1 aromatic heterocycles. The highest BCUT2D eigenvalue weighted by Crippen LogP contribution is 2.09. The van der Waals surface area contributed by atoms with Gasteiger partial charge in [0.05, 0.1) is 13.2 Å². The van der Waals surface area contributed by atoms with Crippen LogP contribution in [-0.2, 0) is 18.3 Å². The first-order valence-electron chi connectivity index (χ1n) is 3.47. The van der Waals surface area contributed by atoms with Gasteiger partial charge >= 0.3 is 5.69 Å². The largest absolute Gasteiger partial charge is 0.371 e. The van der Waals surface area contributed by atoms with Crippen molar-refractivity contribution in [3.63, 3.8) is 0 Å². The van der Waals surface area contributed by atoms with Gasteiger partial charge in [0.25, 0.3) is 0 Å². The highest BCUT2D eigenvalue weighted by atomic mass is 16.6. The van der Waals surface area contributed by atoms with Gasteiger partial charge in [-0.25, -0.2) is 9.48 Å². The molecule has 0 radical (unpaired) electrons. The minimum absolute atomic E-state index is 0.0829. The second-order valence-corrected chi connectivity index (χ2v) is 2.66. The second kappa shape index (κ2) is 2.20. The van der Waals surface area contributed by atoms with E-state index < -0.39 is 0 Å². The number of hydrogen-bond acceptors (Lipinski definition) is 3. The van der Waals surface area contributed by atoms with E-state index in [9.17, 15) is 4.79 Å². The Morgan fingerprint density at radius 3 is 3.09 bits per heavy atom. The lowest BCUT2D eigenvalue weighted by atomic mass is 10.5. The number of hydrogen-bond donors (Lipinski definition) is 0. The zero-order valence-electron chi connectivity index (χ0n) is 6.23. The molecule has 1 saturated heterocycles. The first kappa shape index (κ1) is 6.60. The van der Waals surface area contributed by atoms with Gasteiger partial charge in [0, 0.05) is 7.05 Å². The van der Waals surface area contributed by atoms with Gasteiger partial charge in [0.2, 0.25) is 0 Å². The van der Waals surface area contributed by atoms with Gasteiger partial charge in [-0.15, -0.1) is 0 Å². The molecule has 1 aliphatic heterocycles. The number of rotatable bonds is 2. The smallest absolute Gasteiger partial charge is 0.345 e. The van der Waals surface area contributed by atoms with Crippen LogP contribution >= 0.6 is 0 Å². The lowest BCUT2D eigenvalue weighted by Crippen LogP contribution is -2.24.